The summed E-state index contributed by atoms with van der Waals surface area (Å²) in [6.07, 6.45) is 3.65. The molecule has 33 heavy (non-hydrogen) atoms. The van der Waals surface area contributed by atoms with Gasteiger partial charge in [-0.25, -0.2) is 9.59 Å². The van der Waals surface area contributed by atoms with Crippen LogP contribution in [0, 0.1) is 0 Å². The van der Waals surface area contributed by atoms with Gasteiger partial charge < -0.3 is 9.47 Å². The number of rotatable bonds is 6. The molecule has 0 aromatic heterocycles. The lowest BCUT2D eigenvalue weighted by atomic mass is 10.3. The molecule has 0 aliphatic carbocycles. The minimum Gasteiger partial charge on any atom is -0.466 e. The van der Waals surface area contributed by atoms with Crippen LogP contribution in [0.15, 0.2) is 75.2 Å². The van der Waals surface area contributed by atoms with E-state index in [0.29, 0.717) is 5.69 Å². The zero-order chi connectivity index (χ0) is 24.0. The number of para-hydroxylation sites is 1. The van der Waals surface area contributed by atoms with Crippen LogP contribution in [0.4, 0.5) is 5.69 Å². The van der Waals surface area contributed by atoms with Crippen LogP contribution in [-0.2, 0) is 28.7 Å². The molecular formula is C21H18N4O6S2. The predicted molar refractivity (Wildman–Crippen MR) is 126 cm³/mol. The van der Waals surface area contributed by atoms with Crippen molar-refractivity contribution in [2.24, 2.45) is 10.2 Å². The second-order valence-corrected chi connectivity index (χ2v) is 8.23. The minimum absolute atomic E-state index is 0.106. The second-order valence-electron chi connectivity index (χ2n) is 6.21. The second kappa shape index (κ2) is 10.8. The van der Waals surface area contributed by atoms with E-state index in [0.717, 1.165) is 35.7 Å². The zero-order valence-electron chi connectivity index (χ0n) is 17.6. The molecule has 2 heterocycles. The number of thioether (sulfide) groups is 2. The lowest BCUT2D eigenvalue weighted by Crippen LogP contribution is -2.30. The largest absolute Gasteiger partial charge is 0.466 e. The number of hydrogen-bond acceptors (Lipinski definition) is 10. The molecule has 0 unspecified atom stereocenters. The Labute approximate surface area is 197 Å². The van der Waals surface area contributed by atoms with Crippen molar-refractivity contribution in [2.75, 3.05) is 25.7 Å². The lowest BCUT2D eigenvalue weighted by Gasteiger charge is -2.15. The molecule has 2 fully saturated rings. The van der Waals surface area contributed by atoms with E-state index in [9.17, 15) is 19.2 Å². The summed E-state index contributed by atoms with van der Waals surface area (Å²) in [5.41, 5.74) is 0.520. The number of amidine groups is 2. The van der Waals surface area contributed by atoms with Crippen LogP contribution < -0.4 is 4.90 Å². The van der Waals surface area contributed by atoms with Crippen molar-refractivity contribution < 1.29 is 28.7 Å². The molecule has 0 bridgehead atoms. The number of benzene rings is 1. The molecule has 2 aliphatic heterocycles. The standard InChI is InChI=1S/C21H18N4O6S2/c1-4-10-24-18(28)14(11-16(26)30-2)32-20(24)22-23-21-25(13-8-6-5-7-9-13)19(29)15(33-21)12-17(27)31-3/h4-9,11-12H,1,10H2,2-3H3/b14-11-,15-12-,22-20-,23-21+. The van der Waals surface area contributed by atoms with Gasteiger partial charge in [-0.05, 0) is 35.7 Å². The normalized spacial score (nSPS) is 20.9. The lowest BCUT2D eigenvalue weighted by molar-refractivity contribution is -0.135. The summed E-state index contributed by atoms with van der Waals surface area (Å²) in [4.78, 5) is 51.6. The van der Waals surface area contributed by atoms with Gasteiger partial charge in [0.15, 0.2) is 5.17 Å². The monoisotopic (exact) mass is 486 g/mol. The minimum atomic E-state index is -0.682. The first-order valence-electron chi connectivity index (χ1n) is 9.32. The quantitative estimate of drug-likeness (QED) is 0.260. The van der Waals surface area contributed by atoms with E-state index in [-0.39, 0.29) is 26.7 Å². The Morgan fingerprint density at radius 2 is 1.48 bits per heavy atom. The Morgan fingerprint density at radius 1 is 0.939 bits per heavy atom. The fraction of sp³-hybridized carbons (Fsp3) is 0.143. The van der Waals surface area contributed by atoms with Gasteiger partial charge in [-0.15, -0.1) is 16.8 Å². The van der Waals surface area contributed by atoms with Gasteiger partial charge >= 0.3 is 11.9 Å². The van der Waals surface area contributed by atoms with Gasteiger partial charge in [0.05, 0.1) is 29.7 Å². The average molecular weight is 487 g/mol. The smallest absolute Gasteiger partial charge is 0.331 e. The summed E-state index contributed by atoms with van der Waals surface area (Å²) in [5, 5.41) is 8.70. The number of anilines is 1. The van der Waals surface area contributed by atoms with E-state index < -0.39 is 23.8 Å². The SMILES string of the molecule is C=CCN1C(=O)/C(=C/C(=O)OC)S/C1=N\N=C1\S/C(=C\C(=O)OC)C(=O)N1c1ccccc1. The maximum atomic E-state index is 12.9. The van der Waals surface area contributed by atoms with Gasteiger partial charge in [-0.1, -0.05) is 24.3 Å². The molecule has 170 valence electrons. The van der Waals surface area contributed by atoms with Crippen LogP contribution in [-0.4, -0.2) is 59.8 Å². The number of esters is 2. The summed E-state index contributed by atoms with van der Waals surface area (Å²) in [5.74, 6) is -2.29. The summed E-state index contributed by atoms with van der Waals surface area (Å²) in [6, 6.07) is 8.71. The first-order valence-corrected chi connectivity index (χ1v) is 11.0. The highest BCUT2D eigenvalue weighted by Gasteiger charge is 2.37. The van der Waals surface area contributed by atoms with Crippen molar-refractivity contribution in [3.63, 3.8) is 0 Å². The molecular weight excluding hydrogens is 468 g/mol. The van der Waals surface area contributed by atoms with Crippen LogP contribution in [0.2, 0.25) is 0 Å². The van der Waals surface area contributed by atoms with Gasteiger partial charge in [-0.3, -0.25) is 19.4 Å². The molecule has 0 radical (unpaired) electrons. The molecule has 2 aliphatic rings. The van der Waals surface area contributed by atoms with Crippen LogP contribution in [0.3, 0.4) is 0 Å². The van der Waals surface area contributed by atoms with Crippen molar-refractivity contribution in [2.45, 2.75) is 0 Å². The Balaban J connectivity index is 2.01. The Bertz CT molecular complexity index is 1130. The Kier molecular flexibility index (Phi) is 7.85. The molecule has 10 nitrogen and oxygen atoms in total. The fourth-order valence-electron chi connectivity index (χ4n) is 2.64. The van der Waals surface area contributed by atoms with E-state index in [1.165, 1.54) is 30.1 Å². The van der Waals surface area contributed by atoms with Crippen LogP contribution in [0.25, 0.3) is 0 Å². The molecule has 0 spiro atoms. The van der Waals surface area contributed by atoms with E-state index >= 15 is 0 Å². The maximum Gasteiger partial charge on any atom is 0.331 e. The molecule has 1 aromatic carbocycles. The third-order valence-corrected chi connectivity index (χ3v) is 6.10. The fourth-order valence-corrected chi connectivity index (χ4v) is 4.43. The number of hydrogen-bond donors (Lipinski definition) is 0. The highest BCUT2D eigenvalue weighted by molar-refractivity contribution is 8.19. The average Bonchev–Trinajstić information content (AvgIpc) is 3.29. The van der Waals surface area contributed by atoms with Crippen LogP contribution >= 0.6 is 23.5 Å². The first kappa shape index (κ1) is 24.0. The number of methoxy groups -OCH3 is 2. The molecule has 1 aromatic rings. The summed E-state index contributed by atoms with van der Waals surface area (Å²) in [6.45, 7) is 3.76. The van der Waals surface area contributed by atoms with Gasteiger partial charge in [0.2, 0.25) is 5.17 Å². The van der Waals surface area contributed by atoms with Gasteiger partial charge in [0, 0.05) is 18.7 Å². The van der Waals surface area contributed by atoms with Crippen molar-refractivity contribution in [3.05, 3.63) is 64.9 Å². The van der Waals surface area contributed by atoms with E-state index in [1.54, 1.807) is 30.3 Å². The number of ether oxygens (including phenoxy) is 2. The Hall–Kier alpha value is -3.64. The van der Waals surface area contributed by atoms with E-state index in [2.05, 4.69) is 26.3 Å². The van der Waals surface area contributed by atoms with Crippen molar-refractivity contribution in [1.29, 1.82) is 0 Å². The summed E-state index contributed by atoms with van der Waals surface area (Å²) >= 11 is 1.87. The van der Waals surface area contributed by atoms with Crippen molar-refractivity contribution >= 4 is 63.3 Å². The topological polar surface area (TPSA) is 118 Å². The zero-order valence-corrected chi connectivity index (χ0v) is 19.2. The van der Waals surface area contributed by atoms with E-state index in [4.69, 9.17) is 0 Å². The summed E-state index contributed by atoms with van der Waals surface area (Å²) < 4.78 is 9.20. The molecule has 12 heteroatoms. The molecule has 0 N–H and O–H groups in total. The molecule has 2 saturated heterocycles. The Morgan fingerprint density at radius 3 is 2.06 bits per heavy atom. The highest BCUT2D eigenvalue weighted by atomic mass is 32.2. The van der Waals surface area contributed by atoms with Gasteiger partial charge in [0.1, 0.15) is 0 Å². The van der Waals surface area contributed by atoms with E-state index in [1.807, 2.05) is 0 Å². The molecule has 2 amide bonds. The number of nitrogens with zero attached hydrogens (tertiary/aromatic N) is 4. The van der Waals surface area contributed by atoms with Crippen LogP contribution in [0.1, 0.15) is 0 Å². The first-order chi connectivity index (χ1) is 15.9. The molecule has 3 rings (SSSR count). The highest BCUT2D eigenvalue weighted by Crippen LogP contribution is 2.36. The molecule has 0 saturated carbocycles. The predicted octanol–water partition coefficient (Wildman–Crippen LogP) is 2.27. The van der Waals surface area contributed by atoms with Crippen molar-refractivity contribution in [1.82, 2.24) is 4.90 Å². The molecule has 0 atom stereocenters. The van der Waals surface area contributed by atoms with Crippen molar-refractivity contribution in [3.8, 4) is 0 Å². The summed E-state index contributed by atoms with van der Waals surface area (Å²) in [7, 11) is 2.42. The van der Waals surface area contributed by atoms with Crippen LogP contribution in [0.5, 0.6) is 0 Å². The maximum absolute atomic E-state index is 12.9. The third kappa shape index (κ3) is 5.41. The number of carbonyl (C=O) groups is 4. The number of amides is 2. The van der Waals surface area contributed by atoms with Gasteiger partial charge in [0.25, 0.3) is 11.8 Å². The third-order valence-electron chi connectivity index (χ3n) is 4.14. The van der Waals surface area contributed by atoms with Gasteiger partial charge in [-0.2, -0.15) is 0 Å². The number of carbonyl (C=O) groups excluding carboxylic acids is 4.